The Balaban J connectivity index is 2.28. The number of aromatic nitrogens is 2. The maximum Gasteiger partial charge on any atom is 0.306 e. The van der Waals surface area contributed by atoms with Crippen LogP contribution in [-0.4, -0.2) is 28.3 Å². The molecule has 0 radical (unpaired) electrons. The number of esters is 1. The third kappa shape index (κ3) is 4.78. The molecule has 0 saturated carbocycles. The molecule has 0 aliphatic rings. The molecule has 0 fully saturated rings. The molecule has 1 heterocycles. The fraction of sp³-hybridized carbons (Fsp3) is 0.500. The van der Waals surface area contributed by atoms with Gasteiger partial charge in [-0.1, -0.05) is 11.8 Å². The van der Waals surface area contributed by atoms with E-state index in [4.69, 9.17) is 4.74 Å². The van der Waals surface area contributed by atoms with E-state index in [0.717, 1.165) is 5.69 Å². The van der Waals surface area contributed by atoms with Crippen LogP contribution in [0.5, 0.6) is 0 Å². The van der Waals surface area contributed by atoms with Crippen molar-refractivity contribution in [2.75, 3.05) is 12.4 Å². The van der Waals surface area contributed by atoms with E-state index in [2.05, 4.69) is 9.97 Å². The van der Waals surface area contributed by atoms with Crippen molar-refractivity contribution in [2.24, 2.45) is 0 Å². The van der Waals surface area contributed by atoms with Gasteiger partial charge in [-0.2, -0.15) is 0 Å². The number of rotatable bonds is 5. The summed E-state index contributed by atoms with van der Waals surface area (Å²) in [4.78, 5) is 19.3. The summed E-state index contributed by atoms with van der Waals surface area (Å²) >= 11 is 1.47. The Labute approximate surface area is 93.5 Å². The summed E-state index contributed by atoms with van der Waals surface area (Å²) in [5.41, 5.74) is 0.934. The number of carbonyl (C=O) groups excluding carboxylic acids is 1. The summed E-state index contributed by atoms with van der Waals surface area (Å²) in [6.07, 6.45) is 2.12. The first-order valence-corrected chi connectivity index (χ1v) is 5.79. The normalized spacial score (nSPS) is 10.0. The van der Waals surface area contributed by atoms with E-state index in [0.29, 0.717) is 23.9 Å². The van der Waals surface area contributed by atoms with Crippen LogP contribution >= 0.6 is 11.8 Å². The van der Waals surface area contributed by atoms with Crippen molar-refractivity contribution >= 4 is 17.7 Å². The van der Waals surface area contributed by atoms with Crippen LogP contribution in [0.2, 0.25) is 0 Å². The van der Waals surface area contributed by atoms with Crippen molar-refractivity contribution in [3.8, 4) is 0 Å². The average molecular weight is 226 g/mol. The molecule has 0 spiro atoms. The van der Waals surface area contributed by atoms with Gasteiger partial charge < -0.3 is 4.74 Å². The van der Waals surface area contributed by atoms with E-state index < -0.39 is 0 Å². The summed E-state index contributed by atoms with van der Waals surface area (Å²) in [6.45, 7) is 4.15. The maximum absolute atomic E-state index is 11.0. The highest BCUT2D eigenvalue weighted by atomic mass is 32.2. The first-order chi connectivity index (χ1) is 7.22. The molecule has 0 amide bonds. The van der Waals surface area contributed by atoms with Gasteiger partial charge in [0.15, 0.2) is 5.16 Å². The lowest BCUT2D eigenvalue weighted by atomic mass is 10.5. The molecule has 15 heavy (non-hydrogen) atoms. The minimum absolute atomic E-state index is 0.169. The lowest BCUT2D eigenvalue weighted by molar-refractivity contribution is -0.142. The highest BCUT2D eigenvalue weighted by molar-refractivity contribution is 7.99. The average Bonchev–Trinajstić information content (AvgIpc) is 2.18. The minimum atomic E-state index is -0.169. The molecular weight excluding hydrogens is 212 g/mol. The summed E-state index contributed by atoms with van der Waals surface area (Å²) in [5.74, 6) is 0.486. The quantitative estimate of drug-likeness (QED) is 0.435. The second kappa shape index (κ2) is 6.40. The number of aryl methyl sites for hydroxylation is 1. The zero-order valence-corrected chi connectivity index (χ0v) is 9.71. The molecule has 82 valence electrons. The van der Waals surface area contributed by atoms with Gasteiger partial charge in [-0.3, -0.25) is 4.79 Å². The van der Waals surface area contributed by atoms with Gasteiger partial charge in [0, 0.05) is 17.6 Å². The van der Waals surface area contributed by atoms with Crippen molar-refractivity contribution in [3.63, 3.8) is 0 Å². The Morgan fingerprint density at radius 3 is 3.07 bits per heavy atom. The number of carbonyl (C=O) groups is 1. The summed E-state index contributed by atoms with van der Waals surface area (Å²) in [5, 5.41) is 0.708. The van der Waals surface area contributed by atoms with Gasteiger partial charge in [0.05, 0.1) is 13.0 Å². The molecule has 0 atom stereocenters. The Bertz CT molecular complexity index is 331. The molecule has 4 nitrogen and oxygen atoms in total. The third-order valence-corrected chi connectivity index (χ3v) is 2.48. The monoisotopic (exact) mass is 226 g/mol. The summed E-state index contributed by atoms with van der Waals surface area (Å²) < 4.78 is 4.81. The molecule has 0 aliphatic carbocycles. The van der Waals surface area contributed by atoms with Crippen LogP contribution in [0.1, 0.15) is 19.0 Å². The van der Waals surface area contributed by atoms with Crippen molar-refractivity contribution in [3.05, 3.63) is 18.0 Å². The Hall–Kier alpha value is -1.10. The zero-order valence-electron chi connectivity index (χ0n) is 8.90. The van der Waals surface area contributed by atoms with E-state index >= 15 is 0 Å². The highest BCUT2D eigenvalue weighted by Crippen LogP contribution is 2.13. The van der Waals surface area contributed by atoms with E-state index in [1.54, 1.807) is 13.1 Å². The molecule has 1 aromatic heterocycles. The molecule has 0 aliphatic heterocycles. The van der Waals surface area contributed by atoms with Crippen LogP contribution in [0.4, 0.5) is 0 Å². The van der Waals surface area contributed by atoms with Gasteiger partial charge in [-0.15, -0.1) is 0 Å². The fourth-order valence-corrected chi connectivity index (χ4v) is 1.75. The lowest BCUT2D eigenvalue weighted by Crippen LogP contribution is -2.04. The van der Waals surface area contributed by atoms with Crippen LogP contribution in [0.15, 0.2) is 17.4 Å². The van der Waals surface area contributed by atoms with Crippen molar-refractivity contribution < 1.29 is 9.53 Å². The first kappa shape index (κ1) is 12.0. The molecule has 0 bridgehead atoms. The number of nitrogens with zero attached hydrogens (tertiary/aromatic N) is 2. The van der Waals surface area contributed by atoms with Gasteiger partial charge in [0.1, 0.15) is 0 Å². The van der Waals surface area contributed by atoms with Crippen LogP contribution in [0, 0.1) is 6.92 Å². The zero-order chi connectivity index (χ0) is 11.1. The second-order valence-corrected chi connectivity index (χ2v) is 3.95. The van der Waals surface area contributed by atoms with Crippen LogP contribution in [0.3, 0.4) is 0 Å². The van der Waals surface area contributed by atoms with Gasteiger partial charge in [-0.05, 0) is 19.9 Å². The molecule has 1 rings (SSSR count). The van der Waals surface area contributed by atoms with Gasteiger partial charge in [0.25, 0.3) is 0 Å². The van der Waals surface area contributed by atoms with Crippen LogP contribution in [-0.2, 0) is 9.53 Å². The second-order valence-electron chi connectivity index (χ2n) is 2.88. The van der Waals surface area contributed by atoms with E-state index in [1.165, 1.54) is 11.8 Å². The fourth-order valence-electron chi connectivity index (χ4n) is 0.954. The number of ether oxygens (including phenoxy) is 1. The van der Waals surface area contributed by atoms with Crippen molar-refractivity contribution in [1.82, 2.24) is 9.97 Å². The maximum atomic E-state index is 11.0. The largest absolute Gasteiger partial charge is 0.466 e. The van der Waals surface area contributed by atoms with E-state index in [-0.39, 0.29) is 5.97 Å². The van der Waals surface area contributed by atoms with Gasteiger partial charge in [-0.25, -0.2) is 9.97 Å². The molecule has 5 heteroatoms. The SMILES string of the molecule is CCOC(=O)CCSc1nccc(C)n1. The summed E-state index contributed by atoms with van der Waals surface area (Å²) in [6, 6.07) is 1.84. The highest BCUT2D eigenvalue weighted by Gasteiger charge is 2.03. The van der Waals surface area contributed by atoms with Gasteiger partial charge in [0.2, 0.25) is 0 Å². The molecular formula is C10H14N2O2S. The van der Waals surface area contributed by atoms with E-state index in [9.17, 15) is 4.79 Å². The Kier molecular flexibility index (Phi) is 5.10. The predicted molar refractivity (Wildman–Crippen MR) is 58.7 cm³/mol. The summed E-state index contributed by atoms with van der Waals surface area (Å²) in [7, 11) is 0. The minimum Gasteiger partial charge on any atom is -0.466 e. The lowest BCUT2D eigenvalue weighted by Gasteiger charge is -2.01. The predicted octanol–water partition coefficient (Wildman–Crippen LogP) is 1.83. The molecule has 0 aromatic carbocycles. The van der Waals surface area contributed by atoms with Gasteiger partial charge >= 0.3 is 5.97 Å². The number of hydrogen-bond acceptors (Lipinski definition) is 5. The Morgan fingerprint density at radius 2 is 2.40 bits per heavy atom. The number of hydrogen-bond donors (Lipinski definition) is 0. The standard InChI is InChI=1S/C10H14N2O2S/c1-3-14-9(13)5-7-15-10-11-6-4-8(2)12-10/h4,6H,3,5,7H2,1-2H3. The molecule has 0 saturated heterocycles. The first-order valence-electron chi connectivity index (χ1n) is 4.80. The third-order valence-electron chi connectivity index (χ3n) is 1.62. The topological polar surface area (TPSA) is 52.1 Å². The molecule has 0 N–H and O–H groups in total. The van der Waals surface area contributed by atoms with Crippen LogP contribution in [0.25, 0.3) is 0 Å². The molecule has 1 aromatic rings. The van der Waals surface area contributed by atoms with Crippen LogP contribution < -0.4 is 0 Å². The van der Waals surface area contributed by atoms with Crippen molar-refractivity contribution in [1.29, 1.82) is 0 Å². The Morgan fingerprint density at radius 1 is 1.60 bits per heavy atom. The van der Waals surface area contributed by atoms with E-state index in [1.807, 2.05) is 13.0 Å². The molecule has 0 unspecified atom stereocenters. The smallest absolute Gasteiger partial charge is 0.306 e. The van der Waals surface area contributed by atoms with Crippen molar-refractivity contribution in [2.45, 2.75) is 25.4 Å². The number of thioether (sulfide) groups is 1.